The highest BCUT2D eigenvalue weighted by atomic mass is 16.5. The minimum Gasteiger partial charge on any atom is -0.493 e. The van der Waals surface area contributed by atoms with Crippen LogP contribution in [0.2, 0.25) is 0 Å². The van der Waals surface area contributed by atoms with E-state index in [1.807, 2.05) is 30.0 Å². The number of amides is 1. The maximum Gasteiger partial charge on any atom is 0.311 e. The first-order chi connectivity index (χ1) is 12.5. The minimum atomic E-state index is -0.762. The number of benzene rings is 1. The number of carboxylic acids is 1. The van der Waals surface area contributed by atoms with Gasteiger partial charge in [0, 0.05) is 18.5 Å². The van der Waals surface area contributed by atoms with Crippen LogP contribution in [0.1, 0.15) is 44.6 Å². The van der Waals surface area contributed by atoms with Gasteiger partial charge in [0.15, 0.2) is 11.5 Å². The van der Waals surface area contributed by atoms with E-state index in [1.165, 1.54) is 0 Å². The highest BCUT2D eigenvalue weighted by Gasteiger charge is 2.60. The first-order valence-electron chi connectivity index (χ1n) is 9.22. The predicted octanol–water partition coefficient (Wildman–Crippen LogP) is 2.88. The molecule has 0 spiro atoms. The Morgan fingerprint density at radius 2 is 1.96 bits per heavy atom. The highest BCUT2D eigenvalue weighted by molar-refractivity contribution is 5.83. The normalized spacial score (nSPS) is 26.8. The van der Waals surface area contributed by atoms with E-state index < -0.39 is 11.4 Å². The standard InChI is InChI=1S/C20H27NO5/c1-4-20(19(23)24)12-14-7-9-17(20)21(14)18(22)10-6-13-5-8-15(25-2)16(11-13)26-3/h5,8,11,14,17H,4,6-7,9-10,12H2,1-3H3,(H,23,24)/t14-,17+,20+/m0/s1. The van der Waals surface area contributed by atoms with Gasteiger partial charge in [0.05, 0.1) is 19.6 Å². The number of fused-ring (bicyclic) bond motifs is 2. The van der Waals surface area contributed by atoms with Crippen molar-refractivity contribution in [1.29, 1.82) is 0 Å². The van der Waals surface area contributed by atoms with Crippen LogP contribution in [0.25, 0.3) is 0 Å². The number of methoxy groups -OCH3 is 2. The lowest BCUT2D eigenvalue weighted by Gasteiger charge is -2.32. The summed E-state index contributed by atoms with van der Waals surface area (Å²) in [5.41, 5.74) is 0.240. The molecule has 2 aliphatic rings. The summed E-state index contributed by atoms with van der Waals surface area (Å²) in [6, 6.07) is 5.57. The van der Waals surface area contributed by atoms with Gasteiger partial charge in [-0.15, -0.1) is 0 Å². The summed E-state index contributed by atoms with van der Waals surface area (Å²) >= 11 is 0. The zero-order chi connectivity index (χ0) is 18.9. The molecule has 0 unspecified atom stereocenters. The molecule has 0 saturated carbocycles. The van der Waals surface area contributed by atoms with Crippen molar-refractivity contribution in [1.82, 2.24) is 4.90 Å². The lowest BCUT2D eigenvalue weighted by molar-refractivity contribution is -0.151. The first kappa shape index (κ1) is 18.5. The summed E-state index contributed by atoms with van der Waals surface area (Å²) in [6.45, 7) is 1.92. The van der Waals surface area contributed by atoms with Crippen LogP contribution < -0.4 is 9.47 Å². The second-order valence-electron chi connectivity index (χ2n) is 7.26. The predicted molar refractivity (Wildman–Crippen MR) is 96.5 cm³/mol. The number of nitrogens with zero attached hydrogens (tertiary/aromatic N) is 1. The maximum atomic E-state index is 12.9. The van der Waals surface area contributed by atoms with Gasteiger partial charge in [0.2, 0.25) is 5.91 Å². The SMILES string of the molecule is CC[C@@]1(C(=O)O)C[C@@H]2CC[C@H]1N2C(=O)CCc1ccc(OC)c(OC)c1. The van der Waals surface area contributed by atoms with Crippen LogP contribution in [0.4, 0.5) is 0 Å². The molecule has 2 fully saturated rings. The van der Waals surface area contributed by atoms with Crippen molar-refractivity contribution in [2.45, 2.75) is 57.5 Å². The highest BCUT2D eigenvalue weighted by Crippen LogP contribution is 2.52. The number of aliphatic carboxylic acids is 1. The average molecular weight is 361 g/mol. The van der Waals surface area contributed by atoms with E-state index in [0.29, 0.717) is 37.2 Å². The van der Waals surface area contributed by atoms with Gasteiger partial charge in [-0.3, -0.25) is 9.59 Å². The molecular formula is C20H27NO5. The number of hydrogen-bond donors (Lipinski definition) is 1. The van der Waals surface area contributed by atoms with Gasteiger partial charge >= 0.3 is 5.97 Å². The second-order valence-corrected chi connectivity index (χ2v) is 7.26. The molecular weight excluding hydrogens is 334 g/mol. The van der Waals surface area contributed by atoms with Crippen molar-refractivity contribution >= 4 is 11.9 Å². The molecule has 3 rings (SSSR count). The van der Waals surface area contributed by atoms with Gasteiger partial charge in [-0.25, -0.2) is 0 Å². The Balaban J connectivity index is 1.69. The van der Waals surface area contributed by atoms with Crippen LogP contribution >= 0.6 is 0 Å². The van der Waals surface area contributed by atoms with Gasteiger partial charge in [-0.1, -0.05) is 13.0 Å². The van der Waals surface area contributed by atoms with Crippen LogP contribution in [0.3, 0.4) is 0 Å². The lowest BCUT2D eigenvalue weighted by Crippen LogP contribution is -2.44. The molecule has 3 atom stereocenters. The fourth-order valence-corrected chi connectivity index (χ4v) is 4.74. The van der Waals surface area contributed by atoms with Gasteiger partial charge in [-0.05, 0) is 49.8 Å². The van der Waals surface area contributed by atoms with Gasteiger partial charge in [0.1, 0.15) is 0 Å². The molecule has 1 aromatic carbocycles. The molecule has 0 aliphatic carbocycles. The molecule has 0 aromatic heterocycles. The Morgan fingerprint density at radius 3 is 2.54 bits per heavy atom. The fourth-order valence-electron chi connectivity index (χ4n) is 4.74. The van der Waals surface area contributed by atoms with Gasteiger partial charge in [-0.2, -0.15) is 0 Å². The Kier molecular flexibility index (Phi) is 5.12. The summed E-state index contributed by atoms with van der Waals surface area (Å²) in [4.78, 5) is 26.6. The molecule has 2 bridgehead atoms. The molecule has 2 saturated heterocycles. The smallest absolute Gasteiger partial charge is 0.311 e. The third-order valence-electron chi connectivity index (χ3n) is 6.16. The Bertz CT molecular complexity index is 703. The van der Waals surface area contributed by atoms with Crippen molar-refractivity contribution in [3.05, 3.63) is 23.8 Å². The third kappa shape index (κ3) is 2.91. The molecule has 0 radical (unpaired) electrons. The van der Waals surface area contributed by atoms with E-state index in [1.54, 1.807) is 14.2 Å². The number of carbonyl (C=O) groups excluding carboxylic acids is 1. The van der Waals surface area contributed by atoms with Crippen molar-refractivity contribution in [3.8, 4) is 11.5 Å². The molecule has 1 N–H and O–H groups in total. The molecule has 6 heteroatoms. The van der Waals surface area contributed by atoms with Gasteiger partial charge < -0.3 is 19.5 Å². The van der Waals surface area contributed by atoms with Crippen molar-refractivity contribution in [2.75, 3.05) is 14.2 Å². The number of carbonyl (C=O) groups is 2. The van der Waals surface area contributed by atoms with E-state index in [-0.39, 0.29) is 18.0 Å². The van der Waals surface area contributed by atoms with Crippen LogP contribution in [-0.4, -0.2) is 48.2 Å². The average Bonchev–Trinajstić information content (AvgIpc) is 3.22. The van der Waals surface area contributed by atoms with E-state index in [4.69, 9.17) is 9.47 Å². The number of aryl methyl sites for hydroxylation is 1. The third-order valence-corrected chi connectivity index (χ3v) is 6.16. The molecule has 6 nitrogen and oxygen atoms in total. The summed E-state index contributed by atoms with van der Waals surface area (Å²) < 4.78 is 10.5. The quantitative estimate of drug-likeness (QED) is 0.808. The fraction of sp³-hybridized carbons (Fsp3) is 0.600. The van der Waals surface area contributed by atoms with Crippen LogP contribution in [0, 0.1) is 5.41 Å². The maximum absolute atomic E-state index is 12.9. The lowest BCUT2D eigenvalue weighted by atomic mass is 9.72. The summed E-state index contributed by atoms with van der Waals surface area (Å²) in [5.74, 6) is 0.609. The number of hydrogen-bond acceptors (Lipinski definition) is 4. The van der Waals surface area contributed by atoms with E-state index in [9.17, 15) is 14.7 Å². The number of carboxylic acid groups (broad SMARTS) is 1. The Labute approximate surface area is 154 Å². The van der Waals surface area contributed by atoms with Crippen LogP contribution in [0.5, 0.6) is 11.5 Å². The summed E-state index contributed by atoms with van der Waals surface area (Å²) in [7, 11) is 3.18. The van der Waals surface area contributed by atoms with Crippen LogP contribution in [0.15, 0.2) is 18.2 Å². The number of rotatable bonds is 7. The van der Waals surface area contributed by atoms with E-state index >= 15 is 0 Å². The van der Waals surface area contributed by atoms with Crippen LogP contribution in [-0.2, 0) is 16.0 Å². The molecule has 2 aliphatic heterocycles. The first-order valence-corrected chi connectivity index (χ1v) is 9.22. The van der Waals surface area contributed by atoms with Crippen molar-refractivity contribution < 1.29 is 24.2 Å². The summed E-state index contributed by atoms with van der Waals surface area (Å²) in [6.07, 6.45) is 3.85. The Hall–Kier alpha value is -2.24. The molecule has 1 aromatic rings. The summed E-state index contributed by atoms with van der Waals surface area (Å²) in [5, 5.41) is 9.74. The molecule has 2 heterocycles. The monoisotopic (exact) mass is 361 g/mol. The molecule has 1 amide bonds. The topological polar surface area (TPSA) is 76.1 Å². The molecule has 142 valence electrons. The van der Waals surface area contributed by atoms with Crippen molar-refractivity contribution in [3.63, 3.8) is 0 Å². The van der Waals surface area contributed by atoms with E-state index in [0.717, 1.165) is 18.4 Å². The van der Waals surface area contributed by atoms with Gasteiger partial charge in [0.25, 0.3) is 0 Å². The zero-order valence-electron chi connectivity index (χ0n) is 15.7. The molecule has 26 heavy (non-hydrogen) atoms. The van der Waals surface area contributed by atoms with E-state index in [2.05, 4.69) is 0 Å². The minimum absolute atomic E-state index is 0.0591. The zero-order valence-corrected chi connectivity index (χ0v) is 15.7. The second kappa shape index (κ2) is 7.17. The largest absolute Gasteiger partial charge is 0.493 e. The van der Waals surface area contributed by atoms with Crippen molar-refractivity contribution in [2.24, 2.45) is 5.41 Å². The number of ether oxygens (including phenoxy) is 2. The Morgan fingerprint density at radius 1 is 1.23 bits per heavy atom.